The third-order valence-electron chi connectivity index (χ3n) is 4.41. The Labute approximate surface area is 150 Å². The van der Waals surface area contributed by atoms with Crippen LogP contribution in [0.25, 0.3) is 0 Å². The number of hydrogen-bond donors (Lipinski definition) is 0. The number of fused-ring (bicyclic) bond motifs is 1. The third kappa shape index (κ3) is 3.06. The van der Waals surface area contributed by atoms with Crippen molar-refractivity contribution in [1.29, 1.82) is 0 Å². The van der Waals surface area contributed by atoms with Crippen LogP contribution in [0.2, 0.25) is 0 Å². The minimum Gasteiger partial charge on any atom is -0.472 e. The summed E-state index contributed by atoms with van der Waals surface area (Å²) in [5.41, 5.74) is 2.17. The fraction of sp³-hybridized carbons (Fsp3) is 0.200. The summed E-state index contributed by atoms with van der Waals surface area (Å²) >= 11 is 0. The molecule has 1 aliphatic heterocycles. The highest BCUT2D eigenvalue weighted by molar-refractivity contribution is 6.06. The van der Waals surface area contributed by atoms with Crippen LogP contribution >= 0.6 is 0 Å². The molecule has 0 fully saturated rings. The SMILES string of the molecule is CC1CN(c2ccc(F)cc2)C(=O)c2cc(OCc3ccccc3)nn21. The molecular weight excluding hydrogens is 333 g/mol. The Bertz CT molecular complexity index is 922. The van der Waals surface area contributed by atoms with E-state index in [-0.39, 0.29) is 17.8 Å². The molecule has 0 saturated carbocycles. The van der Waals surface area contributed by atoms with Crippen LogP contribution in [0.1, 0.15) is 29.0 Å². The van der Waals surface area contributed by atoms with Gasteiger partial charge in [0, 0.05) is 18.3 Å². The molecule has 0 spiro atoms. The van der Waals surface area contributed by atoms with Gasteiger partial charge in [0.1, 0.15) is 18.1 Å². The molecule has 2 aromatic carbocycles. The van der Waals surface area contributed by atoms with Gasteiger partial charge in [-0.15, -0.1) is 5.10 Å². The van der Waals surface area contributed by atoms with Gasteiger partial charge in [-0.25, -0.2) is 4.39 Å². The second kappa shape index (κ2) is 6.63. The number of hydrogen-bond acceptors (Lipinski definition) is 3. The van der Waals surface area contributed by atoms with E-state index in [1.807, 2.05) is 37.3 Å². The van der Waals surface area contributed by atoms with Crippen molar-refractivity contribution in [3.63, 3.8) is 0 Å². The van der Waals surface area contributed by atoms with Crippen LogP contribution in [-0.4, -0.2) is 22.2 Å². The van der Waals surface area contributed by atoms with Crippen molar-refractivity contribution in [3.8, 4) is 5.88 Å². The highest BCUT2D eigenvalue weighted by Crippen LogP contribution is 2.28. The lowest BCUT2D eigenvalue weighted by Gasteiger charge is -2.31. The van der Waals surface area contributed by atoms with Gasteiger partial charge in [0.25, 0.3) is 5.91 Å². The van der Waals surface area contributed by atoms with E-state index in [1.165, 1.54) is 12.1 Å². The van der Waals surface area contributed by atoms with Gasteiger partial charge in [0.15, 0.2) is 0 Å². The van der Waals surface area contributed by atoms with E-state index >= 15 is 0 Å². The van der Waals surface area contributed by atoms with Gasteiger partial charge in [-0.3, -0.25) is 9.48 Å². The van der Waals surface area contributed by atoms with Gasteiger partial charge in [-0.1, -0.05) is 30.3 Å². The maximum atomic E-state index is 13.2. The lowest BCUT2D eigenvalue weighted by atomic mass is 10.1. The predicted molar refractivity (Wildman–Crippen MR) is 95.8 cm³/mol. The first kappa shape index (κ1) is 16.3. The summed E-state index contributed by atoms with van der Waals surface area (Å²) in [4.78, 5) is 14.5. The lowest BCUT2D eigenvalue weighted by molar-refractivity contribution is 0.0953. The Morgan fingerprint density at radius 3 is 2.62 bits per heavy atom. The molecule has 3 aromatic rings. The van der Waals surface area contributed by atoms with E-state index in [2.05, 4.69) is 5.10 Å². The summed E-state index contributed by atoms with van der Waals surface area (Å²) in [6.07, 6.45) is 0. The first-order chi connectivity index (χ1) is 12.6. The summed E-state index contributed by atoms with van der Waals surface area (Å²) in [5, 5.41) is 4.43. The van der Waals surface area contributed by atoms with Crippen LogP contribution in [0, 0.1) is 5.82 Å². The molecule has 0 saturated heterocycles. The van der Waals surface area contributed by atoms with Gasteiger partial charge in [-0.2, -0.15) is 0 Å². The van der Waals surface area contributed by atoms with Crippen molar-refractivity contribution in [2.75, 3.05) is 11.4 Å². The number of aromatic nitrogens is 2. The van der Waals surface area contributed by atoms with E-state index in [0.717, 1.165) is 5.56 Å². The highest BCUT2D eigenvalue weighted by Gasteiger charge is 2.32. The van der Waals surface area contributed by atoms with Crippen molar-refractivity contribution in [2.24, 2.45) is 0 Å². The number of carbonyl (C=O) groups is 1. The number of amides is 1. The molecule has 0 aliphatic carbocycles. The maximum Gasteiger partial charge on any atom is 0.276 e. The topological polar surface area (TPSA) is 47.4 Å². The zero-order valence-corrected chi connectivity index (χ0v) is 14.3. The smallest absolute Gasteiger partial charge is 0.276 e. The number of rotatable bonds is 4. The van der Waals surface area contributed by atoms with Crippen molar-refractivity contribution in [1.82, 2.24) is 9.78 Å². The second-order valence-electron chi connectivity index (χ2n) is 6.33. The molecule has 26 heavy (non-hydrogen) atoms. The molecule has 132 valence electrons. The standard InChI is InChI=1S/C20H18FN3O2/c1-14-12-23(17-9-7-16(21)8-10-17)20(25)18-11-19(22-24(14)18)26-13-15-5-3-2-4-6-15/h2-11,14H,12-13H2,1H3. The van der Waals surface area contributed by atoms with E-state index in [9.17, 15) is 9.18 Å². The van der Waals surface area contributed by atoms with Crippen LogP contribution in [0.3, 0.4) is 0 Å². The normalized spacial score (nSPS) is 16.5. The summed E-state index contributed by atoms with van der Waals surface area (Å²) in [5.74, 6) is -0.0744. The monoisotopic (exact) mass is 351 g/mol. The van der Waals surface area contributed by atoms with Crippen molar-refractivity contribution < 1.29 is 13.9 Å². The molecule has 4 rings (SSSR count). The number of ether oxygens (including phenoxy) is 1. The summed E-state index contributed by atoms with van der Waals surface area (Å²) in [6, 6.07) is 17.4. The van der Waals surface area contributed by atoms with E-state index in [0.29, 0.717) is 30.4 Å². The molecule has 0 N–H and O–H groups in total. The quantitative estimate of drug-likeness (QED) is 0.718. The van der Waals surface area contributed by atoms with Crippen LogP contribution in [0.15, 0.2) is 60.7 Å². The minimum atomic E-state index is -0.326. The average Bonchev–Trinajstić information content (AvgIpc) is 3.10. The predicted octanol–water partition coefficient (Wildman–Crippen LogP) is 3.82. The summed E-state index contributed by atoms with van der Waals surface area (Å²) in [6.45, 7) is 2.85. The van der Waals surface area contributed by atoms with Crippen LogP contribution in [0.5, 0.6) is 5.88 Å². The Morgan fingerprint density at radius 1 is 1.15 bits per heavy atom. The first-order valence-corrected chi connectivity index (χ1v) is 8.45. The fourth-order valence-electron chi connectivity index (χ4n) is 3.08. The molecule has 2 heterocycles. The Morgan fingerprint density at radius 2 is 1.88 bits per heavy atom. The average molecular weight is 351 g/mol. The molecule has 0 radical (unpaired) electrons. The van der Waals surface area contributed by atoms with Crippen LogP contribution < -0.4 is 9.64 Å². The minimum absolute atomic E-state index is 0.0122. The summed E-state index contributed by atoms with van der Waals surface area (Å²) in [7, 11) is 0. The zero-order chi connectivity index (χ0) is 18.1. The largest absolute Gasteiger partial charge is 0.472 e. The Kier molecular flexibility index (Phi) is 4.16. The number of carbonyl (C=O) groups excluding carboxylic acids is 1. The zero-order valence-electron chi connectivity index (χ0n) is 14.3. The van der Waals surface area contributed by atoms with Crippen LogP contribution in [-0.2, 0) is 6.61 Å². The lowest BCUT2D eigenvalue weighted by Crippen LogP contribution is -2.42. The number of halogens is 1. The van der Waals surface area contributed by atoms with Gasteiger partial charge >= 0.3 is 0 Å². The van der Waals surface area contributed by atoms with Crippen LogP contribution in [0.4, 0.5) is 10.1 Å². The second-order valence-corrected chi connectivity index (χ2v) is 6.33. The molecule has 0 bridgehead atoms. The molecule has 1 unspecified atom stereocenters. The van der Waals surface area contributed by atoms with Gasteiger partial charge < -0.3 is 9.64 Å². The molecule has 1 amide bonds. The number of benzene rings is 2. The number of anilines is 1. The molecular formula is C20H18FN3O2. The Hall–Kier alpha value is -3.15. The van der Waals surface area contributed by atoms with Crippen molar-refractivity contribution in [3.05, 3.63) is 77.7 Å². The maximum absolute atomic E-state index is 13.2. The van der Waals surface area contributed by atoms with Gasteiger partial charge in [0.2, 0.25) is 5.88 Å². The first-order valence-electron chi connectivity index (χ1n) is 8.45. The van der Waals surface area contributed by atoms with E-state index < -0.39 is 0 Å². The number of nitrogens with zero attached hydrogens (tertiary/aromatic N) is 3. The summed E-state index contributed by atoms with van der Waals surface area (Å²) < 4.78 is 20.6. The molecule has 1 atom stereocenters. The Balaban J connectivity index is 1.56. The van der Waals surface area contributed by atoms with Gasteiger partial charge in [0.05, 0.1) is 6.04 Å². The molecule has 6 heteroatoms. The molecule has 1 aromatic heterocycles. The fourth-order valence-corrected chi connectivity index (χ4v) is 3.08. The van der Waals surface area contributed by atoms with Crippen molar-refractivity contribution >= 4 is 11.6 Å². The molecule has 1 aliphatic rings. The molecule has 5 nitrogen and oxygen atoms in total. The van der Waals surface area contributed by atoms with E-state index in [1.54, 1.807) is 27.8 Å². The van der Waals surface area contributed by atoms with Crippen molar-refractivity contribution in [2.45, 2.75) is 19.6 Å². The third-order valence-corrected chi connectivity index (χ3v) is 4.41. The van der Waals surface area contributed by atoms with Gasteiger partial charge in [-0.05, 0) is 36.8 Å². The van der Waals surface area contributed by atoms with E-state index in [4.69, 9.17) is 4.74 Å². The highest BCUT2D eigenvalue weighted by atomic mass is 19.1.